The highest BCUT2D eigenvalue weighted by Crippen LogP contribution is 2.28. The highest BCUT2D eigenvalue weighted by Gasteiger charge is 2.24. The summed E-state index contributed by atoms with van der Waals surface area (Å²) in [6.07, 6.45) is 1.53. The van der Waals surface area contributed by atoms with Crippen LogP contribution in [0.1, 0.15) is 46.5 Å². The lowest BCUT2D eigenvalue weighted by molar-refractivity contribution is 0.0881. The Bertz CT molecular complexity index is 981. The molecule has 1 atom stereocenters. The Morgan fingerprint density at radius 3 is 2.88 bits per heavy atom. The van der Waals surface area contributed by atoms with E-state index in [4.69, 9.17) is 13.6 Å². The number of ether oxygens (including phenoxy) is 1. The zero-order valence-corrected chi connectivity index (χ0v) is 14.3. The van der Waals surface area contributed by atoms with Crippen molar-refractivity contribution in [2.75, 3.05) is 6.61 Å². The number of carbonyl (C=O) groups excluding carboxylic acids is 1. The van der Waals surface area contributed by atoms with Crippen molar-refractivity contribution >= 4 is 17.0 Å². The summed E-state index contributed by atoms with van der Waals surface area (Å²) in [5.41, 5.74) is 1.25. The number of aryl methyl sites for hydroxylation is 1. The zero-order chi connectivity index (χ0) is 18.1. The van der Waals surface area contributed by atoms with Gasteiger partial charge in [-0.05, 0) is 43.5 Å². The molecular weight excluding hydrogens is 336 g/mol. The van der Waals surface area contributed by atoms with Gasteiger partial charge in [-0.3, -0.25) is 4.79 Å². The van der Waals surface area contributed by atoms with Crippen molar-refractivity contribution in [2.45, 2.75) is 32.4 Å². The van der Waals surface area contributed by atoms with Gasteiger partial charge in [-0.15, -0.1) is 0 Å². The number of hydrogen-bond acceptors (Lipinski definition) is 6. The molecule has 1 aromatic carbocycles. The predicted molar refractivity (Wildman–Crippen MR) is 92.8 cm³/mol. The van der Waals surface area contributed by atoms with Gasteiger partial charge in [0.25, 0.3) is 5.91 Å². The number of nitrogens with zero attached hydrogens (tertiary/aromatic N) is 1. The maximum Gasteiger partial charge on any atom is 0.349 e. The van der Waals surface area contributed by atoms with E-state index in [0.717, 1.165) is 12.8 Å². The van der Waals surface area contributed by atoms with E-state index in [2.05, 4.69) is 10.3 Å². The van der Waals surface area contributed by atoms with Crippen LogP contribution in [0.3, 0.4) is 0 Å². The maximum absolute atomic E-state index is 12.4. The van der Waals surface area contributed by atoms with Crippen molar-refractivity contribution in [2.24, 2.45) is 0 Å². The number of rotatable bonds is 4. The molecule has 1 fully saturated rings. The van der Waals surface area contributed by atoms with Crippen LogP contribution in [0, 0.1) is 6.92 Å². The average Bonchev–Trinajstić information content (AvgIpc) is 3.28. The Hall–Kier alpha value is -2.93. The van der Waals surface area contributed by atoms with Crippen LogP contribution in [-0.4, -0.2) is 17.5 Å². The van der Waals surface area contributed by atoms with Crippen LogP contribution in [0.5, 0.6) is 0 Å². The molecule has 2 aromatic heterocycles. The van der Waals surface area contributed by atoms with E-state index < -0.39 is 11.5 Å². The molecular formula is C19H18N2O5. The van der Waals surface area contributed by atoms with Gasteiger partial charge in [0.1, 0.15) is 22.9 Å². The van der Waals surface area contributed by atoms with Crippen molar-refractivity contribution in [3.05, 3.63) is 63.5 Å². The molecule has 1 saturated heterocycles. The fourth-order valence-electron chi connectivity index (χ4n) is 3.11. The summed E-state index contributed by atoms with van der Waals surface area (Å²) < 4.78 is 16.4. The number of para-hydroxylation sites is 2. The molecule has 3 heterocycles. The van der Waals surface area contributed by atoms with Crippen molar-refractivity contribution < 1.29 is 18.4 Å². The molecule has 26 heavy (non-hydrogen) atoms. The maximum atomic E-state index is 12.4. The van der Waals surface area contributed by atoms with E-state index in [1.54, 1.807) is 19.1 Å². The Kier molecular flexibility index (Phi) is 4.30. The topological polar surface area (TPSA) is 94.6 Å². The van der Waals surface area contributed by atoms with Crippen molar-refractivity contribution in [1.82, 2.24) is 10.3 Å². The largest absolute Gasteiger partial charge is 0.439 e. The minimum atomic E-state index is -0.662. The van der Waals surface area contributed by atoms with Crippen molar-refractivity contribution in [3.8, 4) is 0 Å². The first-order chi connectivity index (χ1) is 12.6. The summed E-state index contributed by atoms with van der Waals surface area (Å²) in [5, 5.41) is 2.66. The molecule has 4 rings (SSSR count). The molecule has 3 aromatic rings. The molecule has 7 heteroatoms. The van der Waals surface area contributed by atoms with E-state index in [9.17, 15) is 9.59 Å². The predicted octanol–water partition coefficient (Wildman–Crippen LogP) is 2.87. The van der Waals surface area contributed by atoms with E-state index >= 15 is 0 Å². The number of aromatic nitrogens is 1. The number of nitrogens with one attached hydrogen (secondary N) is 1. The van der Waals surface area contributed by atoms with Gasteiger partial charge in [-0.1, -0.05) is 12.1 Å². The Morgan fingerprint density at radius 2 is 2.15 bits per heavy atom. The number of hydrogen-bond donors (Lipinski definition) is 1. The summed E-state index contributed by atoms with van der Waals surface area (Å²) in [4.78, 5) is 29.0. The summed E-state index contributed by atoms with van der Waals surface area (Å²) in [5.74, 6) is 0.329. The highest BCUT2D eigenvalue weighted by atomic mass is 16.5. The number of carbonyl (C=O) groups is 1. The van der Waals surface area contributed by atoms with E-state index in [0.29, 0.717) is 34.9 Å². The first-order valence-corrected chi connectivity index (χ1v) is 8.51. The van der Waals surface area contributed by atoms with Crippen LogP contribution in [0.25, 0.3) is 11.1 Å². The van der Waals surface area contributed by atoms with Crippen LogP contribution in [0.15, 0.2) is 44.0 Å². The van der Waals surface area contributed by atoms with Crippen LogP contribution >= 0.6 is 0 Å². The monoisotopic (exact) mass is 354 g/mol. The van der Waals surface area contributed by atoms with Gasteiger partial charge in [0.15, 0.2) is 5.58 Å². The zero-order valence-electron chi connectivity index (χ0n) is 14.3. The Balaban J connectivity index is 1.51. The van der Waals surface area contributed by atoms with Gasteiger partial charge < -0.3 is 18.9 Å². The Labute approximate surface area is 149 Å². The second-order valence-electron chi connectivity index (χ2n) is 6.25. The first kappa shape index (κ1) is 16.5. The van der Waals surface area contributed by atoms with Gasteiger partial charge in [-0.25, -0.2) is 9.78 Å². The fourth-order valence-corrected chi connectivity index (χ4v) is 3.11. The summed E-state index contributed by atoms with van der Waals surface area (Å²) in [6.45, 7) is 2.45. The molecule has 1 N–H and O–H groups in total. The van der Waals surface area contributed by atoms with Gasteiger partial charge in [-0.2, -0.15) is 0 Å². The standard InChI is InChI=1S/C19H18N2O5/c1-11-9-15(14-7-4-8-24-14)26-19(23)17(11)18(22)20-10-16-21-12-5-2-3-6-13(12)25-16/h2-3,5-6,9,14H,4,7-8,10H2,1H3,(H,20,22). The molecule has 134 valence electrons. The molecule has 0 bridgehead atoms. The molecule has 1 aliphatic heterocycles. The SMILES string of the molecule is Cc1cc(C2CCCO2)oc(=O)c1C(=O)NCc1nc2ccccc2o1. The second kappa shape index (κ2) is 6.76. The lowest BCUT2D eigenvalue weighted by Gasteiger charge is -2.10. The fraction of sp³-hybridized carbons (Fsp3) is 0.316. The lowest BCUT2D eigenvalue weighted by Crippen LogP contribution is -2.29. The van der Waals surface area contributed by atoms with Gasteiger partial charge >= 0.3 is 5.63 Å². The minimum Gasteiger partial charge on any atom is -0.439 e. The smallest absolute Gasteiger partial charge is 0.349 e. The minimum absolute atomic E-state index is 0.0112. The van der Waals surface area contributed by atoms with E-state index in [1.807, 2.05) is 18.2 Å². The van der Waals surface area contributed by atoms with Gasteiger partial charge in [0.05, 0.1) is 6.54 Å². The number of benzene rings is 1. The quantitative estimate of drug-likeness (QED) is 0.774. The third-order valence-electron chi connectivity index (χ3n) is 4.38. The average molecular weight is 354 g/mol. The summed E-state index contributed by atoms with van der Waals surface area (Å²) >= 11 is 0. The van der Waals surface area contributed by atoms with Crippen LogP contribution in [0.4, 0.5) is 0 Å². The molecule has 0 radical (unpaired) electrons. The van der Waals surface area contributed by atoms with Crippen LogP contribution in [0.2, 0.25) is 0 Å². The van der Waals surface area contributed by atoms with Crippen molar-refractivity contribution in [1.29, 1.82) is 0 Å². The number of oxazole rings is 1. The molecule has 1 aliphatic rings. The highest BCUT2D eigenvalue weighted by molar-refractivity contribution is 5.95. The van der Waals surface area contributed by atoms with Gasteiger partial charge in [0, 0.05) is 6.61 Å². The molecule has 0 saturated carbocycles. The molecule has 7 nitrogen and oxygen atoms in total. The third-order valence-corrected chi connectivity index (χ3v) is 4.38. The molecule has 0 spiro atoms. The lowest BCUT2D eigenvalue weighted by atomic mass is 10.1. The Morgan fingerprint density at radius 1 is 1.31 bits per heavy atom. The molecule has 0 aliphatic carbocycles. The molecule has 1 unspecified atom stereocenters. The van der Waals surface area contributed by atoms with E-state index in [-0.39, 0.29) is 18.2 Å². The van der Waals surface area contributed by atoms with Crippen LogP contribution < -0.4 is 10.9 Å². The number of amides is 1. The van der Waals surface area contributed by atoms with Gasteiger partial charge in [0.2, 0.25) is 5.89 Å². The molecule has 1 amide bonds. The summed E-state index contributed by atoms with van der Waals surface area (Å²) in [6, 6.07) is 9.03. The number of fused-ring (bicyclic) bond motifs is 1. The normalized spacial score (nSPS) is 16.9. The third kappa shape index (κ3) is 3.13. The first-order valence-electron chi connectivity index (χ1n) is 8.51. The summed E-state index contributed by atoms with van der Waals surface area (Å²) in [7, 11) is 0. The second-order valence-corrected chi connectivity index (χ2v) is 6.25. The van der Waals surface area contributed by atoms with E-state index in [1.165, 1.54) is 0 Å². The van der Waals surface area contributed by atoms with Crippen molar-refractivity contribution in [3.63, 3.8) is 0 Å². The van der Waals surface area contributed by atoms with Crippen LogP contribution in [-0.2, 0) is 11.3 Å².